The quantitative estimate of drug-likeness (QED) is 0.803. The van der Waals surface area contributed by atoms with Crippen molar-refractivity contribution in [3.05, 3.63) is 42.0 Å². The SMILES string of the molecule is Cl.NCCC(=O)NCC1CCCCN1C/C=C/c1ccccc1. The number of nitrogens with one attached hydrogen (secondary N) is 1. The second-order valence-electron chi connectivity index (χ2n) is 5.80. The smallest absolute Gasteiger partial charge is 0.221 e. The number of carbonyl (C=O) groups excluding carboxylic acids is 1. The van der Waals surface area contributed by atoms with Gasteiger partial charge in [0.25, 0.3) is 0 Å². The molecule has 1 heterocycles. The molecule has 4 nitrogen and oxygen atoms in total. The highest BCUT2D eigenvalue weighted by molar-refractivity contribution is 5.85. The number of piperidine rings is 1. The van der Waals surface area contributed by atoms with E-state index in [0.29, 0.717) is 19.0 Å². The molecular weight excluding hydrogens is 310 g/mol. The van der Waals surface area contributed by atoms with Gasteiger partial charge < -0.3 is 11.1 Å². The lowest BCUT2D eigenvalue weighted by molar-refractivity contribution is -0.121. The molecule has 1 aromatic rings. The van der Waals surface area contributed by atoms with Crippen LogP contribution < -0.4 is 11.1 Å². The highest BCUT2D eigenvalue weighted by Gasteiger charge is 2.21. The molecule has 0 spiro atoms. The molecule has 1 fully saturated rings. The Balaban J connectivity index is 0.00000264. The number of likely N-dealkylation sites (tertiary alicyclic amines) is 1. The number of nitrogens with zero attached hydrogens (tertiary/aromatic N) is 1. The summed E-state index contributed by atoms with van der Waals surface area (Å²) < 4.78 is 0. The fraction of sp³-hybridized carbons (Fsp3) is 0.500. The normalized spacial score (nSPS) is 18.6. The topological polar surface area (TPSA) is 58.4 Å². The zero-order valence-corrected chi connectivity index (χ0v) is 14.4. The van der Waals surface area contributed by atoms with E-state index < -0.39 is 0 Å². The Kier molecular flexibility index (Phi) is 9.60. The van der Waals surface area contributed by atoms with Gasteiger partial charge in [0, 0.05) is 32.1 Å². The van der Waals surface area contributed by atoms with Gasteiger partial charge in [-0.1, -0.05) is 48.9 Å². The minimum atomic E-state index is 0. The molecule has 1 aliphatic heterocycles. The van der Waals surface area contributed by atoms with E-state index in [1.807, 2.05) is 6.07 Å². The van der Waals surface area contributed by atoms with E-state index in [-0.39, 0.29) is 18.3 Å². The number of hydrogen-bond acceptors (Lipinski definition) is 3. The van der Waals surface area contributed by atoms with Crippen molar-refractivity contribution >= 4 is 24.4 Å². The predicted octanol–water partition coefficient (Wildman–Crippen LogP) is 2.44. The Hall–Kier alpha value is -1.36. The molecule has 0 bridgehead atoms. The minimum Gasteiger partial charge on any atom is -0.354 e. The van der Waals surface area contributed by atoms with E-state index in [1.54, 1.807) is 0 Å². The van der Waals surface area contributed by atoms with E-state index in [2.05, 4.69) is 46.6 Å². The van der Waals surface area contributed by atoms with Crippen LogP contribution in [0.3, 0.4) is 0 Å². The monoisotopic (exact) mass is 337 g/mol. The Bertz CT molecular complexity index is 478. The average Bonchev–Trinajstić information content (AvgIpc) is 2.55. The van der Waals surface area contributed by atoms with Gasteiger partial charge in [0.1, 0.15) is 0 Å². The van der Waals surface area contributed by atoms with Gasteiger partial charge in [-0.15, -0.1) is 12.4 Å². The molecule has 0 radical (unpaired) electrons. The van der Waals surface area contributed by atoms with Crippen molar-refractivity contribution in [3.63, 3.8) is 0 Å². The number of halogens is 1. The fourth-order valence-corrected chi connectivity index (χ4v) is 2.87. The van der Waals surface area contributed by atoms with Gasteiger partial charge in [-0.2, -0.15) is 0 Å². The van der Waals surface area contributed by atoms with Crippen LogP contribution in [0.4, 0.5) is 0 Å². The molecule has 1 saturated heterocycles. The fourth-order valence-electron chi connectivity index (χ4n) is 2.87. The summed E-state index contributed by atoms with van der Waals surface area (Å²) in [5.41, 5.74) is 6.64. The first-order valence-corrected chi connectivity index (χ1v) is 8.22. The van der Waals surface area contributed by atoms with Crippen molar-refractivity contribution in [2.45, 2.75) is 31.7 Å². The van der Waals surface area contributed by atoms with Crippen molar-refractivity contribution in [1.82, 2.24) is 10.2 Å². The van der Waals surface area contributed by atoms with Gasteiger partial charge in [-0.3, -0.25) is 9.69 Å². The second-order valence-corrected chi connectivity index (χ2v) is 5.80. The zero-order valence-electron chi connectivity index (χ0n) is 13.6. The number of rotatable bonds is 7. The summed E-state index contributed by atoms with van der Waals surface area (Å²) >= 11 is 0. The van der Waals surface area contributed by atoms with Crippen molar-refractivity contribution in [2.24, 2.45) is 5.73 Å². The first-order chi connectivity index (χ1) is 10.8. The standard InChI is InChI=1S/C18H27N3O.ClH/c19-12-11-18(22)20-15-17-10-4-5-13-21(17)14-6-9-16-7-2-1-3-8-16;/h1-3,6-9,17H,4-5,10-15,19H2,(H,20,22);1H/b9-6+;. The minimum absolute atomic E-state index is 0. The van der Waals surface area contributed by atoms with Crippen LogP contribution in [0.2, 0.25) is 0 Å². The molecule has 23 heavy (non-hydrogen) atoms. The second kappa shape index (κ2) is 11.2. The van der Waals surface area contributed by atoms with E-state index in [4.69, 9.17) is 5.73 Å². The van der Waals surface area contributed by atoms with Crippen molar-refractivity contribution in [1.29, 1.82) is 0 Å². The number of benzene rings is 1. The molecular formula is C18H28ClN3O. The molecule has 5 heteroatoms. The summed E-state index contributed by atoms with van der Waals surface area (Å²) in [4.78, 5) is 14.0. The third-order valence-electron chi connectivity index (χ3n) is 4.11. The predicted molar refractivity (Wildman–Crippen MR) is 98.6 cm³/mol. The molecule has 128 valence electrons. The molecule has 1 aliphatic rings. The molecule has 0 saturated carbocycles. The number of nitrogens with two attached hydrogens (primary N) is 1. The maximum absolute atomic E-state index is 11.6. The largest absolute Gasteiger partial charge is 0.354 e. The van der Waals surface area contributed by atoms with Crippen LogP contribution in [0.1, 0.15) is 31.2 Å². The molecule has 1 amide bonds. The summed E-state index contributed by atoms with van der Waals surface area (Å²) in [6.45, 7) is 3.20. The number of carbonyl (C=O) groups is 1. The number of amides is 1. The van der Waals surface area contributed by atoms with E-state index in [1.165, 1.54) is 18.4 Å². The van der Waals surface area contributed by atoms with E-state index in [0.717, 1.165) is 26.1 Å². The van der Waals surface area contributed by atoms with Gasteiger partial charge in [0.05, 0.1) is 0 Å². The van der Waals surface area contributed by atoms with Gasteiger partial charge >= 0.3 is 0 Å². The summed E-state index contributed by atoms with van der Waals surface area (Å²) in [5, 5.41) is 3.01. The highest BCUT2D eigenvalue weighted by Crippen LogP contribution is 2.16. The summed E-state index contributed by atoms with van der Waals surface area (Å²) in [5.74, 6) is 0.0628. The van der Waals surface area contributed by atoms with Crippen LogP contribution in [-0.4, -0.2) is 43.0 Å². The van der Waals surface area contributed by atoms with Crippen LogP contribution in [0.15, 0.2) is 36.4 Å². The Morgan fingerprint density at radius 3 is 2.83 bits per heavy atom. The average molecular weight is 338 g/mol. The molecule has 0 aliphatic carbocycles. The molecule has 0 aromatic heterocycles. The first kappa shape index (κ1) is 19.7. The maximum Gasteiger partial charge on any atom is 0.221 e. The molecule has 1 atom stereocenters. The molecule has 2 rings (SSSR count). The lowest BCUT2D eigenvalue weighted by Gasteiger charge is -2.35. The van der Waals surface area contributed by atoms with Gasteiger partial charge in [-0.25, -0.2) is 0 Å². The third-order valence-corrected chi connectivity index (χ3v) is 4.11. The molecule has 1 aromatic carbocycles. The zero-order chi connectivity index (χ0) is 15.6. The lowest BCUT2D eigenvalue weighted by Crippen LogP contribution is -2.46. The summed E-state index contributed by atoms with van der Waals surface area (Å²) in [6.07, 6.45) is 8.44. The van der Waals surface area contributed by atoms with Crippen LogP contribution in [0, 0.1) is 0 Å². The van der Waals surface area contributed by atoms with Crippen molar-refractivity contribution in [3.8, 4) is 0 Å². The summed E-state index contributed by atoms with van der Waals surface area (Å²) in [7, 11) is 0. The number of hydrogen-bond donors (Lipinski definition) is 2. The van der Waals surface area contributed by atoms with Crippen LogP contribution >= 0.6 is 12.4 Å². The van der Waals surface area contributed by atoms with Crippen LogP contribution in [0.5, 0.6) is 0 Å². The Morgan fingerprint density at radius 2 is 2.09 bits per heavy atom. The van der Waals surface area contributed by atoms with Crippen LogP contribution in [0.25, 0.3) is 6.08 Å². The Labute approximate surface area is 145 Å². The third kappa shape index (κ3) is 7.16. The summed E-state index contributed by atoms with van der Waals surface area (Å²) in [6, 6.07) is 10.8. The van der Waals surface area contributed by atoms with Crippen LogP contribution in [-0.2, 0) is 4.79 Å². The molecule has 1 unspecified atom stereocenters. The van der Waals surface area contributed by atoms with E-state index >= 15 is 0 Å². The van der Waals surface area contributed by atoms with Crippen molar-refractivity contribution in [2.75, 3.05) is 26.2 Å². The van der Waals surface area contributed by atoms with Gasteiger partial charge in [0.2, 0.25) is 5.91 Å². The molecule has 3 N–H and O–H groups in total. The lowest BCUT2D eigenvalue weighted by atomic mass is 10.0. The maximum atomic E-state index is 11.6. The van der Waals surface area contributed by atoms with Gasteiger partial charge in [-0.05, 0) is 24.9 Å². The first-order valence-electron chi connectivity index (χ1n) is 8.22. The Morgan fingerprint density at radius 1 is 1.30 bits per heavy atom. The van der Waals surface area contributed by atoms with E-state index in [9.17, 15) is 4.79 Å². The van der Waals surface area contributed by atoms with Crippen molar-refractivity contribution < 1.29 is 4.79 Å². The highest BCUT2D eigenvalue weighted by atomic mass is 35.5. The van der Waals surface area contributed by atoms with Gasteiger partial charge in [0.15, 0.2) is 0 Å².